The van der Waals surface area contributed by atoms with E-state index < -0.39 is 11.7 Å². The smallest absolute Gasteiger partial charge is 0.356 e. The average Bonchev–Trinajstić information content (AvgIpc) is 2.63. The van der Waals surface area contributed by atoms with Crippen LogP contribution < -0.4 is 10.2 Å². The monoisotopic (exact) mass is 377 g/mol. The minimum Gasteiger partial charge on any atom is -0.356 e. The summed E-state index contributed by atoms with van der Waals surface area (Å²) in [7, 11) is 0. The van der Waals surface area contributed by atoms with Gasteiger partial charge in [-0.15, -0.1) is 0 Å². The summed E-state index contributed by atoms with van der Waals surface area (Å²) in [6.45, 7) is 5.13. The number of nitrogens with zero attached hydrogens (tertiary/aromatic N) is 2. The predicted molar refractivity (Wildman–Crippen MR) is 97.9 cm³/mol. The lowest BCUT2D eigenvalue weighted by molar-refractivity contribution is -0.137. The molecule has 1 aliphatic rings. The standard InChI is InChI=1S/C20H22F3N3O/c1-13-3-4-14(2)17(11-13)19(27)25-16-7-9-26(10-8-16)18-6-5-15(12-24-18)20(21,22)23/h3-6,11-12,16H,7-10H2,1-2H3,(H,25,27). The second kappa shape index (κ2) is 7.58. The minimum atomic E-state index is -4.38. The number of anilines is 1. The molecule has 0 saturated carbocycles. The molecule has 0 atom stereocenters. The molecule has 1 fully saturated rings. The van der Waals surface area contributed by atoms with Crippen molar-refractivity contribution in [1.82, 2.24) is 10.3 Å². The zero-order valence-corrected chi connectivity index (χ0v) is 15.3. The van der Waals surface area contributed by atoms with Gasteiger partial charge in [-0.25, -0.2) is 4.98 Å². The van der Waals surface area contributed by atoms with Crippen LogP contribution in [0.25, 0.3) is 0 Å². The summed E-state index contributed by atoms with van der Waals surface area (Å²) < 4.78 is 37.9. The molecule has 144 valence electrons. The molecule has 1 aromatic heterocycles. The number of alkyl halides is 3. The van der Waals surface area contributed by atoms with E-state index in [2.05, 4.69) is 10.3 Å². The van der Waals surface area contributed by atoms with Gasteiger partial charge in [-0.3, -0.25) is 4.79 Å². The number of piperidine rings is 1. The van der Waals surface area contributed by atoms with Crippen molar-refractivity contribution >= 4 is 11.7 Å². The number of carbonyl (C=O) groups excluding carboxylic acids is 1. The van der Waals surface area contributed by atoms with Crippen LogP contribution >= 0.6 is 0 Å². The van der Waals surface area contributed by atoms with Crippen LogP contribution in [0.2, 0.25) is 0 Å². The van der Waals surface area contributed by atoms with Gasteiger partial charge in [0, 0.05) is 30.9 Å². The van der Waals surface area contributed by atoms with Gasteiger partial charge >= 0.3 is 6.18 Å². The molecule has 1 N–H and O–H groups in total. The lowest BCUT2D eigenvalue weighted by atomic mass is 10.0. The molecule has 0 unspecified atom stereocenters. The number of aromatic nitrogens is 1. The Morgan fingerprint density at radius 1 is 1.15 bits per heavy atom. The normalized spacial score (nSPS) is 15.7. The van der Waals surface area contributed by atoms with E-state index >= 15 is 0 Å². The van der Waals surface area contributed by atoms with Crippen molar-refractivity contribution in [3.05, 3.63) is 58.8 Å². The molecular formula is C20H22F3N3O. The zero-order valence-electron chi connectivity index (χ0n) is 15.3. The van der Waals surface area contributed by atoms with E-state index in [0.29, 0.717) is 24.5 Å². The quantitative estimate of drug-likeness (QED) is 0.875. The number of carbonyl (C=O) groups is 1. The molecule has 27 heavy (non-hydrogen) atoms. The maximum atomic E-state index is 12.6. The van der Waals surface area contributed by atoms with E-state index in [9.17, 15) is 18.0 Å². The molecule has 3 rings (SSSR count). The van der Waals surface area contributed by atoms with Crippen LogP contribution in [0.1, 0.15) is 39.9 Å². The van der Waals surface area contributed by atoms with Gasteiger partial charge in [0.15, 0.2) is 0 Å². The van der Waals surface area contributed by atoms with Crippen molar-refractivity contribution in [2.45, 2.75) is 38.9 Å². The van der Waals surface area contributed by atoms with Gasteiger partial charge in [0.05, 0.1) is 5.56 Å². The number of rotatable bonds is 3. The SMILES string of the molecule is Cc1ccc(C)c(C(=O)NC2CCN(c3ccc(C(F)(F)F)cn3)CC2)c1. The number of halogens is 3. The number of benzene rings is 1. The lowest BCUT2D eigenvalue weighted by Gasteiger charge is -2.33. The van der Waals surface area contributed by atoms with Gasteiger partial charge in [-0.05, 0) is 50.5 Å². The van der Waals surface area contributed by atoms with Crippen LogP contribution in [0.4, 0.5) is 19.0 Å². The highest BCUT2D eigenvalue weighted by molar-refractivity contribution is 5.96. The molecular weight excluding hydrogens is 355 g/mol. The first-order valence-corrected chi connectivity index (χ1v) is 8.90. The number of amides is 1. The fourth-order valence-electron chi connectivity index (χ4n) is 3.24. The van der Waals surface area contributed by atoms with Gasteiger partial charge in [0.2, 0.25) is 0 Å². The molecule has 0 aliphatic carbocycles. The summed E-state index contributed by atoms with van der Waals surface area (Å²) in [6.07, 6.45) is -2.07. The first-order chi connectivity index (χ1) is 12.7. The van der Waals surface area contributed by atoms with E-state index in [1.165, 1.54) is 6.07 Å². The Morgan fingerprint density at radius 2 is 1.85 bits per heavy atom. The van der Waals surface area contributed by atoms with Crippen molar-refractivity contribution in [3.8, 4) is 0 Å². The lowest BCUT2D eigenvalue weighted by Crippen LogP contribution is -2.45. The molecule has 1 saturated heterocycles. The first kappa shape index (κ1) is 19.2. The Labute approximate surface area is 156 Å². The van der Waals surface area contributed by atoms with Crippen molar-refractivity contribution in [2.24, 2.45) is 0 Å². The maximum Gasteiger partial charge on any atom is 0.417 e. The van der Waals surface area contributed by atoms with Crippen molar-refractivity contribution in [1.29, 1.82) is 0 Å². The predicted octanol–water partition coefficient (Wildman–Crippen LogP) is 4.12. The van der Waals surface area contributed by atoms with Gasteiger partial charge in [-0.2, -0.15) is 13.2 Å². The minimum absolute atomic E-state index is 0.0445. The summed E-state index contributed by atoms with van der Waals surface area (Å²) in [4.78, 5) is 18.4. The molecule has 0 spiro atoms. The Bertz CT molecular complexity index is 810. The molecule has 4 nitrogen and oxygen atoms in total. The van der Waals surface area contributed by atoms with Crippen LogP contribution in [-0.4, -0.2) is 30.0 Å². The summed E-state index contributed by atoms with van der Waals surface area (Å²) in [5.74, 6) is 0.449. The Morgan fingerprint density at radius 3 is 2.44 bits per heavy atom. The van der Waals surface area contributed by atoms with Crippen LogP contribution in [0.5, 0.6) is 0 Å². The fraction of sp³-hybridized carbons (Fsp3) is 0.400. The highest BCUT2D eigenvalue weighted by Crippen LogP contribution is 2.29. The maximum absolute atomic E-state index is 12.6. The van der Waals surface area contributed by atoms with Crippen LogP contribution in [0, 0.1) is 13.8 Å². The summed E-state index contributed by atoms with van der Waals surface area (Å²) in [6, 6.07) is 8.29. The second-order valence-electron chi connectivity index (χ2n) is 6.96. The Kier molecular flexibility index (Phi) is 5.39. The largest absolute Gasteiger partial charge is 0.417 e. The average molecular weight is 377 g/mol. The number of pyridine rings is 1. The number of hydrogen-bond donors (Lipinski definition) is 1. The second-order valence-corrected chi connectivity index (χ2v) is 6.96. The molecule has 0 radical (unpaired) electrons. The summed E-state index contributed by atoms with van der Waals surface area (Å²) in [5.41, 5.74) is 1.90. The molecule has 1 aliphatic heterocycles. The Balaban J connectivity index is 1.57. The molecule has 7 heteroatoms. The number of hydrogen-bond acceptors (Lipinski definition) is 3. The summed E-state index contributed by atoms with van der Waals surface area (Å²) >= 11 is 0. The van der Waals surface area contributed by atoms with Gasteiger partial charge in [0.25, 0.3) is 5.91 Å². The van der Waals surface area contributed by atoms with Crippen molar-refractivity contribution in [3.63, 3.8) is 0 Å². The Hall–Kier alpha value is -2.57. The highest BCUT2D eigenvalue weighted by atomic mass is 19.4. The molecule has 2 aromatic rings. The van der Waals surface area contributed by atoms with Crippen molar-refractivity contribution in [2.75, 3.05) is 18.0 Å². The summed E-state index contributed by atoms with van der Waals surface area (Å²) in [5, 5.41) is 3.07. The van der Waals surface area contributed by atoms with Crippen LogP contribution in [-0.2, 0) is 6.18 Å². The van der Waals surface area contributed by atoms with Crippen LogP contribution in [0.3, 0.4) is 0 Å². The van der Waals surface area contributed by atoms with E-state index in [0.717, 1.165) is 36.2 Å². The third-order valence-electron chi connectivity index (χ3n) is 4.87. The van der Waals surface area contributed by atoms with E-state index in [1.807, 2.05) is 36.9 Å². The fourth-order valence-corrected chi connectivity index (χ4v) is 3.24. The third kappa shape index (κ3) is 4.59. The number of aryl methyl sites for hydroxylation is 2. The first-order valence-electron chi connectivity index (χ1n) is 8.90. The molecule has 0 bridgehead atoms. The zero-order chi connectivity index (χ0) is 19.6. The molecule has 1 amide bonds. The highest BCUT2D eigenvalue weighted by Gasteiger charge is 2.31. The van der Waals surface area contributed by atoms with Gasteiger partial charge in [0.1, 0.15) is 5.82 Å². The number of nitrogens with one attached hydrogen (secondary N) is 1. The third-order valence-corrected chi connectivity index (χ3v) is 4.87. The van der Waals surface area contributed by atoms with Gasteiger partial charge in [-0.1, -0.05) is 17.7 Å². The molecule has 1 aromatic carbocycles. The van der Waals surface area contributed by atoms with E-state index in [-0.39, 0.29) is 11.9 Å². The van der Waals surface area contributed by atoms with Crippen molar-refractivity contribution < 1.29 is 18.0 Å². The topological polar surface area (TPSA) is 45.2 Å². The van der Waals surface area contributed by atoms with E-state index in [1.54, 1.807) is 0 Å². The van der Waals surface area contributed by atoms with Crippen LogP contribution in [0.15, 0.2) is 36.5 Å². The molecule has 2 heterocycles. The van der Waals surface area contributed by atoms with E-state index in [4.69, 9.17) is 0 Å². The van der Waals surface area contributed by atoms with Gasteiger partial charge < -0.3 is 10.2 Å².